The van der Waals surface area contributed by atoms with Crippen molar-refractivity contribution >= 4 is 38.9 Å². The van der Waals surface area contributed by atoms with Crippen LogP contribution < -0.4 is 5.32 Å². The van der Waals surface area contributed by atoms with Crippen LogP contribution in [-0.2, 0) is 6.18 Å². The molecule has 0 fully saturated rings. The topological polar surface area (TPSA) is 42.0 Å². The van der Waals surface area contributed by atoms with Gasteiger partial charge in [0.15, 0.2) is 5.69 Å². The van der Waals surface area contributed by atoms with Crippen LogP contribution in [-0.4, -0.2) is 10.9 Å². The van der Waals surface area contributed by atoms with Crippen molar-refractivity contribution in [3.8, 4) is 10.6 Å². The van der Waals surface area contributed by atoms with Gasteiger partial charge in [-0.05, 0) is 18.2 Å². The molecule has 0 aliphatic heterocycles. The normalized spacial score (nSPS) is 11.4. The Hall–Kier alpha value is -2.19. The summed E-state index contributed by atoms with van der Waals surface area (Å²) in [5.41, 5.74) is -0.259. The Bertz CT molecular complexity index is 910. The van der Waals surface area contributed by atoms with Crippen LogP contribution in [0, 0.1) is 0 Å². The van der Waals surface area contributed by atoms with E-state index in [4.69, 9.17) is 0 Å². The Morgan fingerprint density at radius 1 is 1.08 bits per heavy atom. The fourth-order valence-corrected chi connectivity index (χ4v) is 3.51. The molecule has 0 atom stereocenters. The number of nitrogens with zero attached hydrogens (tertiary/aromatic N) is 1. The number of hydrogen-bond acceptors (Lipinski definition) is 3. The smallest absolute Gasteiger partial charge is 0.321 e. The van der Waals surface area contributed by atoms with Gasteiger partial charge in [0.25, 0.3) is 5.91 Å². The van der Waals surface area contributed by atoms with Gasteiger partial charge >= 0.3 is 6.18 Å². The largest absolute Gasteiger partial charge is 0.435 e. The number of carbonyl (C=O) groups excluding carboxylic acids is 1. The van der Waals surface area contributed by atoms with Crippen LogP contribution in [0.3, 0.4) is 0 Å². The van der Waals surface area contributed by atoms with Crippen molar-refractivity contribution in [3.05, 3.63) is 69.6 Å². The number of anilines is 1. The minimum atomic E-state index is -4.71. The van der Waals surface area contributed by atoms with Crippen LogP contribution in [0.4, 0.5) is 18.9 Å². The van der Waals surface area contributed by atoms with Gasteiger partial charge in [-0.3, -0.25) is 4.79 Å². The van der Waals surface area contributed by atoms with Crippen molar-refractivity contribution in [2.45, 2.75) is 6.18 Å². The van der Waals surface area contributed by atoms with Gasteiger partial charge in [0.2, 0.25) is 0 Å². The third kappa shape index (κ3) is 4.08. The molecule has 3 nitrogen and oxygen atoms in total. The van der Waals surface area contributed by atoms with E-state index in [9.17, 15) is 18.0 Å². The van der Waals surface area contributed by atoms with Crippen LogP contribution >= 0.6 is 27.3 Å². The van der Waals surface area contributed by atoms with E-state index in [2.05, 4.69) is 26.2 Å². The molecule has 2 aromatic carbocycles. The summed E-state index contributed by atoms with van der Waals surface area (Å²) in [6.07, 6.45) is -4.71. The number of rotatable bonds is 3. The fourth-order valence-electron chi connectivity index (χ4n) is 2.12. The molecule has 8 heteroatoms. The van der Waals surface area contributed by atoms with Gasteiger partial charge in [-0.2, -0.15) is 13.2 Å². The molecule has 1 amide bonds. The van der Waals surface area contributed by atoms with E-state index in [1.807, 2.05) is 0 Å². The summed E-state index contributed by atoms with van der Waals surface area (Å²) in [4.78, 5) is 15.6. The van der Waals surface area contributed by atoms with Crippen LogP contribution in [0.25, 0.3) is 10.6 Å². The zero-order valence-electron chi connectivity index (χ0n) is 12.5. The van der Waals surface area contributed by atoms with Gasteiger partial charge in [-0.25, -0.2) is 4.98 Å². The number of halogens is 4. The number of hydrogen-bond donors (Lipinski definition) is 1. The quantitative estimate of drug-likeness (QED) is 0.571. The van der Waals surface area contributed by atoms with E-state index in [1.165, 1.54) is 0 Å². The van der Waals surface area contributed by atoms with E-state index in [1.54, 1.807) is 54.6 Å². The monoisotopic (exact) mass is 426 g/mol. The van der Waals surface area contributed by atoms with Crippen molar-refractivity contribution in [2.75, 3.05) is 5.32 Å². The summed E-state index contributed by atoms with van der Waals surface area (Å²) in [7, 11) is 0. The summed E-state index contributed by atoms with van der Waals surface area (Å²) in [5, 5.41) is 2.62. The highest BCUT2D eigenvalue weighted by Gasteiger charge is 2.39. The summed E-state index contributed by atoms with van der Waals surface area (Å²) < 4.78 is 40.6. The average Bonchev–Trinajstić information content (AvgIpc) is 3.01. The predicted octanol–water partition coefficient (Wildman–Crippen LogP) is 5.84. The molecule has 3 aromatic rings. The van der Waals surface area contributed by atoms with Gasteiger partial charge in [0.05, 0.1) is 0 Å². The standard InChI is InChI=1S/C17H10BrF3N2OS/c18-11-7-4-8-12(9-11)22-15(24)13-14(17(19,20)21)23-16(25-13)10-5-2-1-3-6-10/h1-9H,(H,22,24). The molecule has 0 unspecified atom stereocenters. The highest BCUT2D eigenvalue weighted by molar-refractivity contribution is 9.10. The molecular formula is C17H10BrF3N2OS. The van der Waals surface area contributed by atoms with Gasteiger partial charge in [-0.1, -0.05) is 52.3 Å². The molecular weight excluding hydrogens is 417 g/mol. The number of amides is 1. The molecule has 25 heavy (non-hydrogen) atoms. The highest BCUT2D eigenvalue weighted by atomic mass is 79.9. The summed E-state index contributed by atoms with van der Waals surface area (Å²) in [5.74, 6) is -0.842. The zero-order valence-corrected chi connectivity index (χ0v) is 14.9. The predicted molar refractivity (Wildman–Crippen MR) is 94.6 cm³/mol. The van der Waals surface area contributed by atoms with E-state index >= 15 is 0 Å². The Morgan fingerprint density at radius 2 is 1.80 bits per heavy atom. The second-order valence-corrected chi connectivity index (χ2v) is 6.94. The van der Waals surface area contributed by atoms with Crippen molar-refractivity contribution in [1.29, 1.82) is 0 Å². The van der Waals surface area contributed by atoms with E-state index < -0.39 is 22.7 Å². The Balaban J connectivity index is 1.99. The lowest BCUT2D eigenvalue weighted by atomic mass is 10.2. The maximum absolute atomic E-state index is 13.3. The minimum Gasteiger partial charge on any atom is -0.321 e. The Labute approximate surface area is 153 Å². The molecule has 0 saturated heterocycles. The van der Waals surface area contributed by atoms with Crippen LogP contribution in [0.2, 0.25) is 0 Å². The van der Waals surface area contributed by atoms with E-state index in [-0.39, 0.29) is 5.01 Å². The number of alkyl halides is 3. The molecule has 0 radical (unpaired) electrons. The van der Waals surface area contributed by atoms with Crippen molar-refractivity contribution in [3.63, 3.8) is 0 Å². The number of aromatic nitrogens is 1. The summed E-state index contributed by atoms with van der Waals surface area (Å²) in [6.45, 7) is 0. The van der Waals surface area contributed by atoms with E-state index in [0.29, 0.717) is 27.1 Å². The molecule has 0 spiro atoms. The molecule has 1 N–H and O–H groups in total. The lowest BCUT2D eigenvalue weighted by molar-refractivity contribution is -0.140. The Morgan fingerprint density at radius 3 is 2.44 bits per heavy atom. The molecule has 1 heterocycles. The first kappa shape index (κ1) is 17.6. The minimum absolute atomic E-state index is 0.146. The van der Waals surface area contributed by atoms with Gasteiger partial charge in [-0.15, -0.1) is 11.3 Å². The molecule has 1 aromatic heterocycles. The highest BCUT2D eigenvalue weighted by Crippen LogP contribution is 2.38. The maximum Gasteiger partial charge on any atom is 0.435 e. The lowest BCUT2D eigenvalue weighted by Crippen LogP contribution is -2.17. The maximum atomic E-state index is 13.3. The second-order valence-electron chi connectivity index (χ2n) is 5.03. The number of carbonyl (C=O) groups is 1. The molecule has 3 rings (SSSR count). The summed E-state index contributed by atoms with van der Waals surface area (Å²) >= 11 is 3.96. The van der Waals surface area contributed by atoms with Crippen molar-refractivity contribution < 1.29 is 18.0 Å². The Kier molecular flexibility index (Phi) is 4.91. The van der Waals surface area contributed by atoms with Crippen molar-refractivity contribution in [2.24, 2.45) is 0 Å². The van der Waals surface area contributed by atoms with Crippen LogP contribution in [0.1, 0.15) is 15.4 Å². The van der Waals surface area contributed by atoms with Crippen molar-refractivity contribution in [1.82, 2.24) is 4.98 Å². The lowest BCUT2D eigenvalue weighted by Gasteiger charge is -2.07. The zero-order chi connectivity index (χ0) is 18.0. The number of thiazole rings is 1. The van der Waals surface area contributed by atoms with Gasteiger partial charge < -0.3 is 5.32 Å². The first-order valence-corrected chi connectivity index (χ1v) is 8.66. The average molecular weight is 427 g/mol. The SMILES string of the molecule is O=C(Nc1cccc(Br)c1)c1sc(-c2ccccc2)nc1C(F)(F)F. The van der Waals surface area contributed by atoms with Gasteiger partial charge in [0.1, 0.15) is 9.88 Å². The number of nitrogens with one attached hydrogen (secondary N) is 1. The first-order valence-electron chi connectivity index (χ1n) is 7.05. The first-order chi connectivity index (χ1) is 11.8. The van der Waals surface area contributed by atoms with E-state index in [0.717, 1.165) is 0 Å². The third-order valence-corrected chi connectivity index (χ3v) is 4.80. The van der Waals surface area contributed by atoms with Crippen LogP contribution in [0.5, 0.6) is 0 Å². The number of benzene rings is 2. The fraction of sp³-hybridized carbons (Fsp3) is 0.0588. The third-order valence-electron chi connectivity index (χ3n) is 3.21. The van der Waals surface area contributed by atoms with Crippen LogP contribution in [0.15, 0.2) is 59.1 Å². The summed E-state index contributed by atoms with van der Waals surface area (Å²) in [6, 6.07) is 15.1. The molecule has 0 bridgehead atoms. The molecule has 0 aliphatic carbocycles. The molecule has 0 aliphatic rings. The van der Waals surface area contributed by atoms with Gasteiger partial charge in [0, 0.05) is 15.7 Å². The second kappa shape index (κ2) is 6.97. The molecule has 128 valence electrons. The molecule has 0 saturated carbocycles.